The highest BCUT2D eigenvalue weighted by Gasteiger charge is 2.15. The Labute approximate surface area is 151 Å². The lowest BCUT2D eigenvalue weighted by molar-refractivity contribution is 0.0931. The molecule has 1 aromatic heterocycles. The van der Waals surface area contributed by atoms with Crippen LogP contribution < -0.4 is 10.9 Å². The smallest absolute Gasteiger partial charge is 0.272 e. The van der Waals surface area contributed by atoms with Crippen molar-refractivity contribution >= 4 is 15.7 Å². The summed E-state index contributed by atoms with van der Waals surface area (Å²) in [6.07, 6.45) is 1.14. The second-order valence-corrected chi connectivity index (χ2v) is 7.82. The van der Waals surface area contributed by atoms with Gasteiger partial charge in [0.25, 0.3) is 11.5 Å². The molecule has 0 saturated heterocycles. The summed E-state index contributed by atoms with van der Waals surface area (Å²) in [5.74, 6) is -0.434. The summed E-state index contributed by atoms with van der Waals surface area (Å²) in [5.41, 5.74) is 0.543. The highest BCUT2D eigenvalue weighted by atomic mass is 32.2. The summed E-state index contributed by atoms with van der Waals surface area (Å²) in [7, 11) is -1.76. The number of aromatic nitrogens is 2. The minimum absolute atomic E-state index is 0.111. The summed E-state index contributed by atoms with van der Waals surface area (Å²) >= 11 is 0. The number of amides is 1. The lowest BCUT2D eigenvalue weighted by Crippen LogP contribution is -2.31. The monoisotopic (exact) mass is 379 g/mol. The fourth-order valence-corrected chi connectivity index (χ4v) is 2.90. The molecule has 0 spiro atoms. The van der Waals surface area contributed by atoms with Gasteiger partial charge in [0.2, 0.25) is 0 Å². The fourth-order valence-electron chi connectivity index (χ4n) is 2.27. The van der Waals surface area contributed by atoms with Gasteiger partial charge in [0.1, 0.15) is 5.69 Å². The molecule has 1 aromatic carbocycles. The van der Waals surface area contributed by atoms with Crippen LogP contribution in [-0.4, -0.2) is 44.1 Å². The van der Waals surface area contributed by atoms with E-state index in [9.17, 15) is 18.0 Å². The molecule has 0 fully saturated rings. The van der Waals surface area contributed by atoms with Crippen LogP contribution in [0.4, 0.5) is 0 Å². The first-order valence-corrected chi connectivity index (χ1v) is 9.79. The van der Waals surface area contributed by atoms with Crippen LogP contribution in [0.1, 0.15) is 29.0 Å². The Morgan fingerprint density at radius 3 is 2.46 bits per heavy atom. The van der Waals surface area contributed by atoms with Crippen LogP contribution in [0.3, 0.4) is 0 Å². The molecule has 0 aliphatic carbocycles. The lowest BCUT2D eigenvalue weighted by atomic mass is 10.1. The number of carbonyl (C=O) groups is 1. The number of nitrogens with zero attached hydrogens (tertiary/aromatic N) is 2. The summed E-state index contributed by atoms with van der Waals surface area (Å²) in [4.78, 5) is 24.3. The Morgan fingerprint density at radius 1 is 1.23 bits per heavy atom. The fraction of sp³-hybridized carbons (Fsp3) is 0.353. The quantitative estimate of drug-likeness (QED) is 0.762. The van der Waals surface area contributed by atoms with Crippen LogP contribution in [0.5, 0.6) is 0 Å². The molecule has 140 valence electrons. The average molecular weight is 379 g/mol. The number of ether oxygens (including phenoxy) is 1. The van der Waals surface area contributed by atoms with Crippen molar-refractivity contribution in [3.8, 4) is 0 Å². The van der Waals surface area contributed by atoms with Crippen molar-refractivity contribution in [1.82, 2.24) is 15.1 Å². The highest BCUT2D eigenvalue weighted by Crippen LogP contribution is 2.16. The molecule has 26 heavy (non-hydrogen) atoms. The molecule has 0 aliphatic rings. The van der Waals surface area contributed by atoms with E-state index in [1.54, 1.807) is 19.1 Å². The predicted molar refractivity (Wildman–Crippen MR) is 95.8 cm³/mol. The first kappa shape index (κ1) is 19.8. The molecule has 2 aromatic rings. The molecule has 9 heteroatoms. The van der Waals surface area contributed by atoms with Gasteiger partial charge in [-0.05, 0) is 30.7 Å². The van der Waals surface area contributed by atoms with E-state index in [2.05, 4.69) is 10.4 Å². The number of sulfone groups is 1. The van der Waals surface area contributed by atoms with Crippen molar-refractivity contribution < 1.29 is 17.9 Å². The maximum Gasteiger partial charge on any atom is 0.272 e. The molecule has 0 saturated carbocycles. The van der Waals surface area contributed by atoms with Crippen LogP contribution in [0, 0.1) is 0 Å². The van der Waals surface area contributed by atoms with Crippen LogP contribution in [0.2, 0.25) is 0 Å². The predicted octanol–water partition coefficient (Wildman–Crippen LogP) is 0.784. The van der Waals surface area contributed by atoms with Gasteiger partial charge in [0.05, 0.1) is 24.1 Å². The third-order valence-corrected chi connectivity index (χ3v) is 4.89. The highest BCUT2D eigenvalue weighted by molar-refractivity contribution is 7.90. The van der Waals surface area contributed by atoms with Crippen molar-refractivity contribution in [2.45, 2.75) is 24.4 Å². The van der Waals surface area contributed by atoms with Crippen molar-refractivity contribution in [2.24, 2.45) is 0 Å². The van der Waals surface area contributed by atoms with Crippen molar-refractivity contribution in [1.29, 1.82) is 0 Å². The van der Waals surface area contributed by atoms with E-state index in [0.29, 0.717) is 6.61 Å². The Morgan fingerprint density at radius 2 is 1.88 bits per heavy atom. The molecule has 0 radical (unpaired) electrons. The summed E-state index contributed by atoms with van der Waals surface area (Å²) in [6.45, 7) is 2.33. The normalized spacial score (nSPS) is 12.6. The zero-order chi connectivity index (χ0) is 19.3. The topological polar surface area (TPSA) is 107 Å². The van der Waals surface area contributed by atoms with Gasteiger partial charge in [-0.2, -0.15) is 5.10 Å². The van der Waals surface area contributed by atoms with E-state index in [0.717, 1.165) is 11.8 Å². The molecule has 1 atom stereocenters. The molecular weight excluding hydrogens is 358 g/mol. The third kappa shape index (κ3) is 4.99. The van der Waals surface area contributed by atoms with E-state index >= 15 is 0 Å². The number of rotatable bonds is 7. The van der Waals surface area contributed by atoms with Crippen LogP contribution >= 0.6 is 0 Å². The maximum atomic E-state index is 12.4. The number of hydrogen-bond donors (Lipinski definition) is 1. The van der Waals surface area contributed by atoms with Gasteiger partial charge in [0.15, 0.2) is 9.84 Å². The average Bonchev–Trinajstić information content (AvgIpc) is 2.60. The number of nitrogens with one attached hydrogen (secondary N) is 1. The van der Waals surface area contributed by atoms with Gasteiger partial charge in [-0.1, -0.05) is 12.1 Å². The van der Waals surface area contributed by atoms with E-state index in [-0.39, 0.29) is 28.7 Å². The molecule has 0 bridgehead atoms. The van der Waals surface area contributed by atoms with E-state index in [1.807, 2.05) is 0 Å². The third-order valence-electron chi connectivity index (χ3n) is 3.76. The largest absolute Gasteiger partial charge is 0.383 e. The summed E-state index contributed by atoms with van der Waals surface area (Å²) in [5, 5.41) is 6.81. The maximum absolute atomic E-state index is 12.4. The van der Waals surface area contributed by atoms with Crippen LogP contribution in [0.25, 0.3) is 0 Å². The molecule has 1 amide bonds. The second kappa shape index (κ2) is 8.24. The minimum Gasteiger partial charge on any atom is -0.383 e. The zero-order valence-corrected chi connectivity index (χ0v) is 15.6. The minimum atomic E-state index is -3.27. The molecule has 1 heterocycles. The van der Waals surface area contributed by atoms with Gasteiger partial charge in [-0.3, -0.25) is 9.59 Å². The summed E-state index contributed by atoms with van der Waals surface area (Å²) < 4.78 is 29.1. The zero-order valence-electron chi connectivity index (χ0n) is 14.8. The number of methoxy groups -OCH3 is 1. The molecule has 0 aliphatic heterocycles. The van der Waals surface area contributed by atoms with Crippen LogP contribution in [0.15, 0.2) is 46.1 Å². The van der Waals surface area contributed by atoms with Crippen LogP contribution in [-0.2, 0) is 21.1 Å². The Hall–Kier alpha value is -2.52. The Bertz CT molecular complexity index is 936. The van der Waals surface area contributed by atoms with Gasteiger partial charge < -0.3 is 10.1 Å². The Kier molecular flexibility index (Phi) is 6.27. The van der Waals surface area contributed by atoms with Crippen molar-refractivity contribution in [3.05, 3.63) is 58.0 Å². The number of hydrogen-bond acceptors (Lipinski definition) is 6. The molecule has 1 N–H and O–H groups in total. The first-order valence-electron chi connectivity index (χ1n) is 7.90. The van der Waals surface area contributed by atoms with E-state index in [4.69, 9.17) is 4.74 Å². The molecule has 8 nitrogen and oxygen atoms in total. The van der Waals surface area contributed by atoms with Gasteiger partial charge in [-0.15, -0.1) is 0 Å². The molecule has 1 unspecified atom stereocenters. The number of carbonyl (C=O) groups excluding carboxylic acids is 1. The van der Waals surface area contributed by atoms with Gasteiger partial charge in [0, 0.05) is 19.4 Å². The van der Waals surface area contributed by atoms with E-state index < -0.39 is 15.7 Å². The summed E-state index contributed by atoms with van der Waals surface area (Å²) in [6, 6.07) is 8.57. The van der Waals surface area contributed by atoms with Gasteiger partial charge in [-0.25, -0.2) is 13.1 Å². The van der Waals surface area contributed by atoms with Crippen molar-refractivity contribution in [3.63, 3.8) is 0 Å². The molecule has 2 rings (SSSR count). The van der Waals surface area contributed by atoms with Crippen molar-refractivity contribution in [2.75, 3.05) is 20.0 Å². The lowest BCUT2D eigenvalue weighted by Gasteiger charge is -2.15. The molecular formula is C17H21N3O5S. The standard InChI is InChI=1S/C17H21N3O5S/c1-12(13-4-6-14(7-5-13)26(3,23)24)18-17(22)15-8-9-16(21)20(19-15)10-11-25-2/h4-9,12H,10-11H2,1-3H3,(H,18,22). The second-order valence-electron chi connectivity index (χ2n) is 5.81. The SMILES string of the molecule is COCCn1nc(C(=O)NC(C)c2ccc(S(C)(=O)=O)cc2)ccc1=O. The number of benzene rings is 1. The Balaban J connectivity index is 2.12. The van der Waals surface area contributed by atoms with E-state index in [1.165, 1.54) is 36.1 Å². The first-order chi connectivity index (χ1) is 12.2. The van der Waals surface area contributed by atoms with Gasteiger partial charge >= 0.3 is 0 Å².